The number of aromatic nitrogens is 5. The molecule has 0 fully saturated rings. The number of aromatic amines is 1. The Kier molecular flexibility index (Phi) is 3.21. The number of H-pyrrole nitrogens is 1. The lowest BCUT2D eigenvalue weighted by molar-refractivity contribution is 0.561. The van der Waals surface area contributed by atoms with Crippen LogP contribution in [0, 0.1) is 0 Å². The Morgan fingerprint density at radius 1 is 1.56 bits per heavy atom. The number of nitrogens with zero attached hydrogens (tertiary/aromatic N) is 4. The summed E-state index contributed by atoms with van der Waals surface area (Å²) >= 11 is 6.11. The highest BCUT2D eigenvalue weighted by Gasteiger charge is 2.22. The molecule has 2 rings (SSSR count). The highest BCUT2D eigenvalue weighted by atomic mass is 35.5. The molecule has 0 aromatic carbocycles. The molecule has 0 aliphatic carbocycles. The first-order valence-corrected chi connectivity index (χ1v) is 5.38. The molecular formula is C9H13ClN6. The summed E-state index contributed by atoms with van der Waals surface area (Å²) in [5.74, 6) is 0. The number of aryl methyl sites for hydroxylation is 1. The molecule has 0 aliphatic rings. The van der Waals surface area contributed by atoms with Crippen molar-refractivity contribution in [2.75, 3.05) is 6.54 Å². The summed E-state index contributed by atoms with van der Waals surface area (Å²) in [4.78, 5) is 0. The monoisotopic (exact) mass is 240 g/mol. The van der Waals surface area contributed by atoms with Gasteiger partial charge in [-0.3, -0.25) is 4.68 Å². The van der Waals surface area contributed by atoms with Crippen molar-refractivity contribution < 1.29 is 0 Å². The van der Waals surface area contributed by atoms with E-state index in [9.17, 15) is 0 Å². The van der Waals surface area contributed by atoms with Gasteiger partial charge >= 0.3 is 0 Å². The van der Waals surface area contributed by atoms with Gasteiger partial charge in [-0.1, -0.05) is 18.5 Å². The molecule has 0 bridgehead atoms. The first-order chi connectivity index (χ1) is 7.74. The van der Waals surface area contributed by atoms with Crippen LogP contribution in [0.1, 0.15) is 24.4 Å². The van der Waals surface area contributed by atoms with Crippen molar-refractivity contribution in [3.05, 3.63) is 28.8 Å². The van der Waals surface area contributed by atoms with E-state index in [1.165, 1.54) is 0 Å². The van der Waals surface area contributed by atoms with Crippen LogP contribution in [0.25, 0.3) is 0 Å². The highest BCUT2D eigenvalue weighted by molar-refractivity contribution is 6.31. The molecule has 2 N–H and O–H groups in total. The molecule has 16 heavy (non-hydrogen) atoms. The molecule has 0 aliphatic heterocycles. The van der Waals surface area contributed by atoms with E-state index in [1.807, 2.05) is 14.0 Å². The highest BCUT2D eigenvalue weighted by Crippen LogP contribution is 2.25. The van der Waals surface area contributed by atoms with E-state index in [0.29, 0.717) is 5.02 Å². The molecule has 1 atom stereocenters. The van der Waals surface area contributed by atoms with Gasteiger partial charge < -0.3 is 5.32 Å². The molecule has 0 radical (unpaired) electrons. The number of nitrogens with one attached hydrogen (secondary N) is 2. The van der Waals surface area contributed by atoms with E-state index in [4.69, 9.17) is 11.6 Å². The minimum absolute atomic E-state index is 0.0938. The van der Waals surface area contributed by atoms with Crippen LogP contribution in [-0.2, 0) is 7.05 Å². The lowest BCUT2D eigenvalue weighted by Gasteiger charge is -2.15. The second kappa shape index (κ2) is 4.63. The molecule has 7 heteroatoms. The molecule has 0 saturated heterocycles. The lowest BCUT2D eigenvalue weighted by Crippen LogP contribution is -2.25. The third kappa shape index (κ3) is 1.94. The summed E-state index contributed by atoms with van der Waals surface area (Å²) in [6.45, 7) is 2.83. The van der Waals surface area contributed by atoms with Gasteiger partial charge in [0.15, 0.2) is 0 Å². The van der Waals surface area contributed by atoms with Gasteiger partial charge in [-0.15, -0.1) is 0 Å². The van der Waals surface area contributed by atoms with Gasteiger partial charge in [0, 0.05) is 7.05 Å². The van der Waals surface area contributed by atoms with Crippen molar-refractivity contribution in [1.82, 2.24) is 30.5 Å². The summed E-state index contributed by atoms with van der Waals surface area (Å²) in [6, 6.07) is -0.0938. The molecule has 1 unspecified atom stereocenters. The predicted octanol–water partition coefficient (Wildman–Crippen LogP) is 0.890. The van der Waals surface area contributed by atoms with E-state index < -0.39 is 0 Å². The van der Waals surface area contributed by atoms with E-state index in [-0.39, 0.29) is 6.04 Å². The van der Waals surface area contributed by atoms with Gasteiger partial charge in [0.2, 0.25) is 0 Å². The molecule has 2 aromatic rings. The lowest BCUT2D eigenvalue weighted by atomic mass is 10.1. The zero-order valence-electron chi connectivity index (χ0n) is 9.11. The van der Waals surface area contributed by atoms with Crippen molar-refractivity contribution in [2.24, 2.45) is 7.05 Å². The molecule has 2 aromatic heterocycles. The Hall–Kier alpha value is -1.40. The van der Waals surface area contributed by atoms with Crippen molar-refractivity contribution in [2.45, 2.75) is 13.0 Å². The zero-order valence-corrected chi connectivity index (χ0v) is 9.86. The third-order valence-electron chi connectivity index (χ3n) is 2.35. The van der Waals surface area contributed by atoms with Crippen LogP contribution in [-0.4, -0.2) is 31.7 Å². The average molecular weight is 241 g/mol. The topological polar surface area (TPSA) is 71.4 Å². The van der Waals surface area contributed by atoms with Gasteiger partial charge in [0.05, 0.1) is 29.2 Å². The summed E-state index contributed by atoms with van der Waals surface area (Å²) in [5.41, 5.74) is 1.68. The van der Waals surface area contributed by atoms with Crippen molar-refractivity contribution in [3.63, 3.8) is 0 Å². The summed E-state index contributed by atoms with van der Waals surface area (Å²) in [5, 5.41) is 18.5. The average Bonchev–Trinajstić information content (AvgIpc) is 2.87. The Morgan fingerprint density at radius 2 is 2.38 bits per heavy atom. The van der Waals surface area contributed by atoms with E-state index in [2.05, 4.69) is 25.8 Å². The number of halogens is 1. The largest absolute Gasteiger partial charge is 0.304 e. The van der Waals surface area contributed by atoms with Crippen LogP contribution < -0.4 is 5.32 Å². The van der Waals surface area contributed by atoms with Gasteiger partial charge in [-0.25, -0.2) is 0 Å². The standard InChI is InChI=1S/C9H13ClN6/c1-3-11-8(7-5-12-15-14-7)9-6(10)4-13-16(9)2/h4-5,8,11H,3H2,1-2H3,(H,12,14,15). The molecular weight excluding hydrogens is 228 g/mol. The summed E-state index contributed by atoms with van der Waals surface area (Å²) in [7, 11) is 1.85. The molecule has 86 valence electrons. The van der Waals surface area contributed by atoms with Gasteiger partial charge in [0.25, 0.3) is 0 Å². The SMILES string of the molecule is CCNC(c1cn[nH]n1)c1c(Cl)cnn1C. The van der Waals surface area contributed by atoms with Crippen molar-refractivity contribution in [1.29, 1.82) is 0 Å². The number of hydrogen-bond donors (Lipinski definition) is 2. The van der Waals surface area contributed by atoms with Crippen molar-refractivity contribution in [3.8, 4) is 0 Å². The summed E-state index contributed by atoms with van der Waals surface area (Å²) < 4.78 is 1.74. The maximum absolute atomic E-state index is 6.11. The molecule has 0 saturated carbocycles. The first-order valence-electron chi connectivity index (χ1n) is 5.00. The van der Waals surface area contributed by atoms with Crippen LogP contribution in [0.5, 0.6) is 0 Å². The van der Waals surface area contributed by atoms with Gasteiger partial charge in [-0.2, -0.15) is 20.5 Å². The fourth-order valence-electron chi connectivity index (χ4n) is 1.64. The van der Waals surface area contributed by atoms with Gasteiger partial charge in [0.1, 0.15) is 5.69 Å². The molecule has 0 spiro atoms. The Morgan fingerprint density at radius 3 is 2.88 bits per heavy atom. The quantitative estimate of drug-likeness (QED) is 0.833. The smallest absolute Gasteiger partial charge is 0.106 e. The Labute approximate surface area is 98.0 Å². The molecule has 2 heterocycles. The predicted molar refractivity (Wildman–Crippen MR) is 60.1 cm³/mol. The van der Waals surface area contributed by atoms with Gasteiger partial charge in [-0.05, 0) is 6.54 Å². The Bertz CT molecular complexity index is 429. The zero-order chi connectivity index (χ0) is 11.5. The fraction of sp³-hybridized carbons (Fsp3) is 0.444. The van der Waals surface area contributed by atoms with E-state index in [1.54, 1.807) is 17.1 Å². The first kappa shape index (κ1) is 11.1. The Balaban J connectivity index is 2.40. The molecule has 6 nitrogen and oxygen atoms in total. The minimum Gasteiger partial charge on any atom is -0.304 e. The fourth-order valence-corrected chi connectivity index (χ4v) is 1.91. The molecule has 0 amide bonds. The number of hydrogen-bond acceptors (Lipinski definition) is 4. The second-order valence-corrected chi connectivity index (χ2v) is 3.79. The maximum atomic E-state index is 6.11. The van der Waals surface area contributed by atoms with Crippen LogP contribution >= 0.6 is 11.6 Å². The number of rotatable bonds is 4. The van der Waals surface area contributed by atoms with E-state index in [0.717, 1.165) is 17.9 Å². The van der Waals surface area contributed by atoms with Crippen LogP contribution in [0.15, 0.2) is 12.4 Å². The minimum atomic E-state index is -0.0938. The van der Waals surface area contributed by atoms with Crippen LogP contribution in [0.2, 0.25) is 5.02 Å². The summed E-state index contributed by atoms with van der Waals surface area (Å²) in [6.07, 6.45) is 3.30. The van der Waals surface area contributed by atoms with Crippen LogP contribution in [0.4, 0.5) is 0 Å². The normalized spacial score (nSPS) is 12.9. The maximum Gasteiger partial charge on any atom is 0.106 e. The van der Waals surface area contributed by atoms with E-state index >= 15 is 0 Å². The third-order valence-corrected chi connectivity index (χ3v) is 2.64. The second-order valence-electron chi connectivity index (χ2n) is 3.39. The van der Waals surface area contributed by atoms with Crippen molar-refractivity contribution >= 4 is 11.6 Å². The van der Waals surface area contributed by atoms with Crippen LogP contribution in [0.3, 0.4) is 0 Å².